The molecule has 0 saturated carbocycles. The van der Waals surface area contributed by atoms with Gasteiger partial charge in [0, 0.05) is 37.2 Å². The number of fused-ring (bicyclic) bond motifs is 1. The van der Waals surface area contributed by atoms with Crippen LogP contribution in [0.1, 0.15) is 24.8 Å². The summed E-state index contributed by atoms with van der Waals surface area (Å²) in [6.07, 6.45) is 3.29. The number of aromatic amines is 1. The van der Waals surface area contributed by atoms with Crippen LogP contribution < -0.4 is 10.1 Å². The number of rotatable bonds is 5. The number of piperidine rings is 1. The van der Waals surface area contributed by atoms with Gasteiger partial charge in [-0.2, -0.15) is 0 Å². The number of hydrogen-bond donors (Lipinski definition) is 3. The van der Waals surface area contributed by atoms with Crippen molar-refractivity contribution in [3.63, 3.8) is 0 Å². The molecule has 2 aromatic rings. The number of likely N-dealkylation sites (tertiary alicyclic amines) is 1. The summed E-state index contributed by atoms with van der Waals surface area (Å²) in [5, 5.41) is 14.2. The van der Waals surface area contributed by atoms with Crippen molar-refractivity contribution in [1.29, 1.82) is 0 Å². The largest absolute Gasteiger partial charge is 0.497 e. The van der Waals surface area contributed by atoms with Gasteiger partial charge in [0.25, 0.3) is 0 Å². The van der Waals surface area contributed by atoms with E-state index in [4.69, 9.17) is 4.74 Å². The number of hydrogen-bond acceptors (Lipinski definition) is 4. The van der Waals surface area contributed by atoms with E-state index < -0.39 is 5.60 Å². The third kappa shape index (κ3) is 3.83. The van der Waals surface area contributed by atoms with E-state index in [0.717, 1.165) is 22.2 Å². The number of β-amino-alcohol motifs (C(OH)–C–C–N with tert-alkyl or cyclic N) is 1. The van der Waals surface area contributed by atoms with Crippen molar-refractivity contribution in [2.75, 3.05) is 27.2 Å². The molecule has 7 heteroatoms. The molecule has 26 heavy (non-hydrogen) atoms. The molecule has 0 spiro atoms. The number of amides is 2. The number of carbonyl (C=O) groups excluding carboxylic acids is 2. The number of aromatic nitrogens is 1. The summed E-state index contributed by atoms with van der Waals surface area (Å²) in [4.78, 5) is 29.2. The summed E-state index contributed by atoms with van der Waals surface area (Å²) in [5.41, 5.74) is 0.685. The summed E-state index contributed by atoms with van der Waals surface area (Å²) in [6, 6.07) is 5.70. The second kappa shape index (κ2) is 7.37. The highest BCUT2D eigenvalue weighted by molar-refractivity contribution is 5.90. The minimum Gasteiger partial charge on any atom is -0.497 e. The minimum atomic E-state index is -1.16. The van der Waals surface area contributed by atoms with Crippen molar-refractivity contribution in [2.45, 2.75) is 31.3 Å². The standard InChI is InChI=1S/C19H25N3O4/c1-20-17(23)10-19(25)6-3-7-22(12-19)18(24)8-13-11-21-16-5-4-14(26-2)9-15(13)16/h4-5,9,11,21,25H,3,6-8,10,12H2,1-2H3,(H,20,23). The van der Waals surface area contributed by atoms with Crippen LogP contribution in [-0.2, 0) is 16.0 Å². The third-order valence-electron chi connectivity index (χ3n) is 4.99. The molecule has 0 radical (unpaired) electrons. The molecule has 0 aliphatic carbocycles. The first-order chi connectivity index (χ1) is 12.4. The Morgan fingerprint density at radius 3 is 2.96 bits per heavy atom. The van der Waals surface area contributed by atoms with Crippen molar-refractivity contribution in [3.8, 4) is 5.75 Å². The van der Waals surface area contributed by atoms with Gasteiger partial charge in [0.2, 0.25) is 11.8 Å². The Hall–Kier alpha value is -2.54. The normalized spacial score (nSPS) is 20.2. The first kappa shape index (κ1) is 18.3. The molecule has 140 valence electrons. The predicted octanol–water partition coefficient (Wildman–Crippen LogP) is 1.21. The summed E-state index contributed by atoms with van der Waals surface area (Å²) in [6.45, 7) is 0.783. The molecule has 1 unspecified atom stereocenters. The van der Waals surface area contributed by atoms with Crippen molar-refractivity contribution in [2.24, 2.45) is 0 Å². The van der Waals surface area contributed by atoms with Gasteiger partial charge < -0.3 is 25.0 Å². The maximum absolute atomic E-state index is 12.8. The molecule has 0 bridgehead atoms. The van der Waals surface area contributed by atoms with Gasteiger partial charge in [-0.1, -0.05) is 0 Å². The molecule has 1 aromatic heterocycles. The highest BCUT2D eigenvalue weighted by Crippen LogP contribution is 2.27. The number of nitrogens with one attached hydrogen (secondary N) is 2. The summed E-state index contributed by atoms with van der Waals surface area (Å²) >= 11 is 0. The van der Waals surface area contributed by atoms with E-state index in [9.17, 15) is 14.7 Å². The van der Waals surface area contributed by atoms with Crippen LogP contribution in [0, 0.1) is 0 Å². The molecule has 3 N–H and O–H groups in total. The fourth-order valence-electron chi connectivity index (χ4n) is 3.56. The van der Waals surface area contributed by atoms with E-state index in [1.807, 2.05) is 24.4 Å². The lowest BCUT2D eigenvalue weighted by molar-refractivity contribution is -0.141. The van der Waals surface area contributed by atoms with Crippen LogP contribution in [0.25, 0.3) is 10.9 Å². The molecular formula is C19H25N3O4. The van der Waals surface area contributed by atoms with Gasteiger partial charge in [-0.3, -0.25) is 9.59 Å². The molecule has 1 saturated heterocycles. The fraction of sp³-hybridized carbons (Fsp3) is 0.474. The zero-order valence-electron chi connectivity index (χ0n) is 15.2. The summed E-state index contributed by atoms with van der Waals surface area (Å²) < 4.78 is 5.26. The van der Waals surface area contributed by atoms with E-state index in [1.54, 1.807) is 19.1 Å². The van der Waals surface area contributed by atoms with Crippen LogP contribution in [-0.4, -0.2) is 59.7 Å². The summed E-state index contributed by atoms with van der Waals surface area (Å²) in [5.74, 6) is 0.470. The minimum absolute atomic E-state index is 0.0115. The maximum Gasteiger partial charge on any atom is 0.227 e. The number of methoxy groups -OCH3 is 1. The Morgan fingerprint density at radius 2 is 2.23 bits per heavy atom. The number of nitrogens with zero attached hydrogens (tertiary/aromatic N) is 1. The molecule has 1 atom stereocenters. The summed E-state index contributed by atoms with van der Waals surface area (Å²) in [7, 11) is 3.16. The van der Waals surface area contributed by atoms with E-state index in [1.165, 1.54) is 0 Å². The van der Waals surface area contributed by atoms with Crippen LogP contribution >= 0.6 is 0 Å². The van der Waals surface area contributed by atoms with Gasteiger partial charge in [0.1, 0.15) is 5.75 Å². The van der Waals surface area contributed by atoms with Crippen LogP contribution in [0.2, 0.25) is 0 Å². The highest BCUT2D eigenvalue weighted by Gasteiger charge is 2.36. The van der Waals surface area contributed by atoms with Crippen molar-refractivity contribution in [1.82, 2.24) is 15.2 Å². The van der Waals surface area contributed by atoms with Crippen LogP contribution in [0.4, 0.5) is 0 Å². The molecule has 1 aliphatic rings. The Kier molecular flexibility index (Phi) is 5.18. The van der Waals surface area contributed by atoms with Gasteiger partial charge in [0.05, 0.1) is 25.6 Å². The fourth-order valence-corrected chi connectivity index (χ4v) is 3.56. The number of carbonyl (C=O) groups is 2. The van der Waals surface area contributed by atoms with Gasteiger partial charge >= 0.3 is 0 Å². The number of benzene rings is 1. The van der Waals surface area contributed by atoms with Gasteiger partial charge in [0.15, 0.2) is 0 Å². The number of H-pyrrole nitrogens is 1. The van der Waals surface area contributed by atoms with Gasteiger partial charge in [-0.15, -0.1) is 0 Å². The monoisotopic (exact) mass is 359 g/mol. The first-order valence-corrected chi connectivity index (χ1v) is 8.79. The van der Waals surface area contributed by atoms with E-state index in [-0.39, 0.29) is 31.2 Å². The first-order valence-electron chi connectivity index (χ1n) is 8.79. The Labute approximate surface area is 152 Å². The zero-order chi connectivity index (χ0) is 18.7. The van der Waals surface area contributed by atoms with Crippen LogP contribution in [0.3, 0.4) is 0 Å². The second-order valence-electron chi connectivity index (χ2n) is 6.90. The molecule has 2 heterocycles. The van der Waals surface area contributed by atoms with E-state index >= 15 is 0 Å². The molecule has 3 rings (SSSR count). The van der Waals surface area contributed by atoms with Crippen molar-refractivity contribution < 1.29 is 19.4 Å². The number of ether oxygens (including phenoxy) is 1. The van der Waals surface area contributed by atoms with E-state index in [2.05, 4.69) is 10.3 Å². The molecule has 2 amide bonds. The molecular weight excluding hydrogens is 334 g/mol. The zero-order valence-corrected chi connectivity index (χ0v) is 15.2. The van der Waals surface area contributed by atoms with Gasteiger partial charge in [-0.05, 0) is 36.6 Å². The molecule has 7 nitrogen and oxygen atoms in total. The lowest BCUT2D eigenvalue weighted by atomic mass is 9.89. The molecule has 1 aromatic carbocycles. The lowest BCUT2D eigenvalue weighted by Gasteiger charge is -2.39. The van der Waals surface area contributed by atoms with Crippen LogP contribution in [0.15, 0.2) is 24.4 Å². The smallest absolute Gasteiger partial charge is 0.227 e. The van der Waals surface area contributed by atoms with Crippen molar-refractivity contribution in [3.05, 3.63) is 30.0 Å². The quantitative estimate of drug-likeness (QED) is 0.748. The third-order valence-corrected chi connectivity index (χ3v) is 4.99. The van der Waals surface area contributed by atoms with Gasteiger partial charge in [-0.25, -0.2) is 0 Å². The highest BCUT2D eigenvalue weighted by atomic mass is 16.5. The SMILES string of the molecule is CNC(=O)CC1(O)CCCN(C(=O)Cc2c[nH]c3ccc(OC)cc23)C1. The van der Waals surface area contributed by atoms with Crippen molar-refractivity contribution >= 4 is 22.7 Å². The van der Waals surface area contributed by atoms with E-state index in [0.29, 0.717) is 19.4 Å². The predicted molar refractivity (Wildman–Crippen MR) is 98.0 cm³/mol. The topological polar surface area (TPSA) is 94.7 Å². The number of aliphatic hydroxyl groups is 1. The Balaban J connectivity index is 1.72. The lowest BCUT2D eigenvalue weighted by Crippen LogP contribution is -2.52. The Morgan fingerprint density at radius 1 is 1.42 bits per heavy atom. The average molecular weight is 359 g/mol. The maximum atomic E-state index is 12.8. The van der Waals surface area contributed by atoms with Crippen LogP contribution in [0.5, 0.6) is 5.75 Å². The molecule has 1 aliphatic heterocycles. The molecule has 1 fully saturated rings. The average Bonchev–Trinajstić information content (AvgIpc) is 3.03. The second-order valence-corrected chi connectivity index (χ2v) is 6.90. The Bertz CT molecular complexity index is 816.